The number of amides is 1. The van der Waals surface area contributed by atoms with Gasteiger partial charge in [-0.15, -0.1) is 0 Å². The highest BCUT2D eigenvalue weighted by Gasteiger charge is 2.20. The number of carbonyl (C=O) groups is 1. The standard InChI is InChI=1S/C11H24N2O2/c1-5-15-7-6-10(14)13(4)9-11(2,3)8-12/h5-9,12H2,1-4H3. The largest absolute Gasteiger partial charge is 0.381 e. The summed E-state index contributed by atoms with van der Waals surface area (Å²) in [7, 11) is 1.81. The van der Waals surface area contributed by atoms with Crippen molar-refractivity contribution < 1.29 is 9.53 Å². The quantitative estimate of drug-likeness (QED) is 0.642. The van der Waals surface area contributed by atoms with Gasteiger partial charge >= 0.3 is 0 Å². The predicted octanol–water partition coefficient (Wildman–Crippen LogP) is 0.856. The van der Waals surface area contributed by atoms with Gasteiger partial charge in [0.25, 0.3) is 0 Å². The molecule has 0 fully saturated rings. The van der Waals surface area contributed by atoms with E-state index in [4.69, 9.17) is 10.5 Å². The molecule has 0 bridgehead atoms. The molecule has 15 heavy (non-hydrogen) atoms. The van der Waals surface area contributed by atoms with Gasteiger partial charge in [0.15, 0.2) is 0 Å². The van der Waals surface area contributed by atoms with Gasteiger partial charge < -0.3 is 15.4 Å². The maximum atomic E-state index is 11.6. The van der Waals surface area contributed by atoms with Crippen LogP contribution in [0.3, 0.4) is 0 Å². The van der Waals surface area contributed by atoms with E-state index in [1.807, 2.05) is 14.0 Å². The first-order valence-corrected chi connectivity index (χ1v) is 5.44. The summed E-state index contributed by atoms with van der Waals surface area (Å²) in [5.74, 6) is 0.116. The van der Waals surface area contributed by atoms with Crippen LogP contribution in [0.4, 0.5) is 0 Å². The van der Waals surface area contributed by atoms with E-state index in [0.717, 1.165) is 0 Å². The maximum Gasteiger partial charge on any atom is 0.224 e. The second kappa shape index (κ2) is 6.80. The lowest BCUT2D eigenvalue weighted by molar-refractivity contribution is -0.132. The van der Waals surface area contributed by atoms with Gasteiger partial charge in [-0.1, -0.05) is 13.8 Å². The van der Waals surface area contributed by atoms with Crippen LogP contribution in [0.1, 0.15) is 27.2 Å². The molecule has 0 aliphatic carbocycles. The molecule has 0 aromatic heterocycles. The van der Waals surface area contributed by atoms with E-state index in [2.05, 4.69) is 13.8 Å². The number of hydrogen-bond acceptors (Lipinski definition) is 3. The molecule has 4 heteroatoms. The van der Waals surface area contributed by atoms with Crippen molar-refractivity contribution in [3.05, 3.63) is 0 Å². The summed E-state index contributed by atoms with van der Waals surface area (Å²) in [6.07, 6.45) is 0.449. The summed E-state index contributed by atoms with van der Waals surface area (Å²) in [6, 6.07) is 0. The Balaban J connectivity index is 3.88. The Bertz CT molecular complexity index is 193. The van der Waals surface area contributed by atoms with E-state index in [1.54, 1.807) is 4.90 Å². The van der Waals surface area contributed by atoms with E-state index < -0.39 is 0 Å². The summed E-state index contributed by atoms with van der Waals surface area (Å²) in [5.41, 5.74) is 5.60. The average molecular weight is 216 g/mol. The second-order valence-electron chi connectivity index (χ2n) is 4.57. The van der Waals surface area contributed by atoms with Crippen LogP contribution < -0.4 is 5.73 Å². The smallest absolute Gasteiger partial charge is 0.224 e. The minimum atomic E-state index is -0.0178. The molecular formula is C11H24N2O2. The number of carbonyl (C=O) groups excluding carboxylic acids is 1. The molecule has 2 N–H and O–H groups in total. The van der Waals surface area contributed by atoms with Crippen molar-refractivity contribution in [2.24, 2.45) is 11.1 Å². The zero-order valence-corrected chi connectivity index (χ0v) is 10.4. The molecule has 0 spiro atoms. The van der Waals surface area contributed by atoms with Gasteiger partial charge in [0.1, 0.15) is 0 Å². The Labute approximate surface area is 92.8 Å². The van der Waals surface area contributed by atoms with Crippen molar-refractivity contribution >= 4 is 5.91 Å². The van der Waals surface area contributed by atoms with E-state index in [0.29, 0.717) is 32.7 Å². The first-order valence-electron chi connectivity index (χ1n) is 5.44. The SMILES string of the molecule is CCOCCC(=O)N(C)CC(C)(C)CN. The van der Waals surface area contributed by atoms with Crippen LogP contribution in [-0.2, 0) is 9.53 Å². The number of nitrogens with zero attached hydrogens (tertiary/aromatic N) is 1. The molecule has 90 valence electrons. The highest BCUT2D eigenvalue weighted by Crippen LogP contribution is 2.14. The first-order chi connectivity index (χ1) is 6.93. The monoisotopic (exact) mass is 216 g/mol. The summed E-state index contributed by atoms with van der Waals surface area (Å²) in [6.45, 7) is 8.46. The first kappa shape index (κ1) is 14.4. The normalized spacial score (nSPS) is 11.5. The molecule has 0 heterocycles. The summed E-state index contributed by atoms with van der Waals surface area (Å²) in [4.78, 5) is 13.3. The van der Waals surface area contributed by atoms with Crippen molar-refractivity contribution in [3.8, 4) is 0 Å². The minimum absolute atomic E-state index is 0.0178. The molecule has 0 saturated heterocycles. The molecule has 0 rings (SSSR count). The van der Waals surface area contributed by atoms with Crippen LogP contribution in [-0.4, -0.2) is 44.2 Å². The average Bonchev–Trinajstić information content (AvgIpc) is 2.17. The highest BCUT2D eigenvalue weighted by atomic mass is 16.5. The Morgan fingerprint density at radius 2 is 2.07 bits per heavy atom. The third-order valence-corrected chi connectivity index (χ3v) is 2.31. The zero-order valence-electron chi connectivity index (χ0n) is 10.4. The van der Waals surface area contributed by atoms with E-state index in [1.165, 1.54) is 0 Å². The van der Waals surface area contributed by atoms with Crippen molar-refractivity contribution in [1.82, 2.24) is 4.90 Å². The van der Waals surface area contributed by atoms with Crippen LogP contribution in [0.5, 0.6) is 0 Å². The number of rotatable bonds is 7. The molecular weight excluding hydrogens is 192 g/mol. The van der Waals surface area contributed by atoms with Gasteiger partial charge in [0.05, 0.1) is 13.0 Å². The number of hydrogen-bond donors (Lipinski definition) is 1. The molecule has 0 aromatic rings. The molecule has 4 nitrogen and oxygen atoms in total. The van der Waals surface area contributed by atoms with Gasteiger partial charge in [-0.3, -0.25) is 4.79 Å². The summed E-state index contributed by atoms with van der Waals surface area (Å²) >= 11 is 0. The molecule has 0 saturated carbocycles. The fourth-order valence-electron chi connectivity index (χ4n) is 1.29. The van der Waals surface area contributed by atoms with Crippen LogP contribution in [0.25, 0.3) is 0 Å². The fourth-order valence-corrected chi connectivity index (χ4v) is 1.29. The third-order valence-electron chi connectivity index (χ3n) is 2.31. The van der Waals surface area contributed by atoms with Gasteiger partial charge in [0.2, 0.25) is 5.91 Å². The minimum Gasteiger partial charge on any atom is -0.381 e. The van der Waals surface area contributed by atoms with E-state index in [-0.39, 0.29) is 11.3 Å². The second-order valence-corrected chi connectivity index (χ2v) is 4.57. The van der Waals surface area contributed by atoms with Gasteiger partial charge in [0, 0.05) is 20.2 Å². The fraction of sp³-hybridized carbons (Fsp3) is 0.909. The molecule has 0 aromatic carbocycles. The van der Waals surface area contributed by atoms with Gasteiger partial charge in [-0.25, -0.2) is 0 Å². The Morgan fingerprint density at radius 1 is 1.47 bits per heavy atom. The lowest BCUT2D eigenvalue weighted by Gasteiger charge is -2.29. The van der Waals surface area contributed by atoms with Crippen molar-refractivity contribution in [2.75, 3.05) is 33.4 Å². The Morgan fingerprint density at radius 3 is 2.53 bits per heavy atom. The molecule has 0 unspecified atom stereocenters. The molecule has 0 radical (unpaired) electrons. The van der Waals surface area contributed by atoms with Gasteiger partial charge in [-0.05, 0) is 18.9 Å². The van der Waals surface area contributed by atoms with Gasteiger partial charge in [-0.2, -0.15) is 0 Å². The van der Waals surface area contributed by atoms with Crippen molar-refractivity contribution in [2.45, 2.75) is 27.2 Å². The highest BCUT2D eigenvalue weighted by molar-refractivity contribution is 5.75. The Kier molecular flexibility index (Phi) is 6.52. The maximum absolute atomic E-state index is 11.6. The number of nitrogens with two attached hydrogens (primary N) is 1. The van der Waals surface area contributed by atoms with Crippen LogP contribution in [0.2, 0.25) is 0 Å². The van der Waals surface area contributed by atoms with Crippen LogP contribution in [0.15, 0.2) is 0 Å². The zero-order chi connectivity index (χ0) is 11.9. The van der Waals surface area contributed by atoms with E-state index in [9.17, 15) is 4.79 Å². The lowest BCUT2D eigenvalue weighted by atomic mass is 9.93. The van der Waals surface area contributed by atoms with E-state index >= 15 is 0 Å². The lowest BCUT2D eigenvalue weighted by Crippen LogP contribution is -2.40. The van der Waals surface area contributed by atoms with Crippen LogP contribution >= 0.6 is 0 Å². The summed E-state index contributed by atoms with van der Waals surface area (Å²) < 4.78 is 5.14. The molecule has 0 atom stereocenters. The Hall–Kier alpha value is -0.610. The topological polar surface area (TPSA) is 55.6 Å². The number of ether oxygens (including phenoxy) is 1. The van der Waals surface area contributed by atoms with Crippen LogP contribution in [0, 0.1) is 5.41 Å². The third kappa shape index (κ3) is 6.47. The molecule has 1 amide bonds. The molecule has 0 aliphatic rings. The summed E-state index contributed by atoms with van der Waals surface area (Å²) in [5, 5.41) is 0. The predicted molar refractivity (Wildman–Crippen MR) is 61.6 cm³/mol. The van der Waals surface area contributed by atoms with Crippen molar-refractivity contribution in [1.29, 1.82) is 0 Å². The van der Waals surface area contributed by atoms with Crippen molar-refractivity contribution in [3.63, 3.8) is 0 Å². The molecule has 0 aliphatic heterocycles.